The molecule has 0 aliphatic carbocycles. The highest BCUT2D eigenvalue weighted by Gasteiger charge is 2.18. The summed E-state index contributed by atoms with van der Waals surface area (Å²) in [6, 6.07) is 6.61. The van der Waals surface area contributed by atoms with Gasteiger partial charge in [-0.3, -0.25) is 4.72 Å². The largest absolute Gasteiger partial charge is 0.508 e. The maximum Gasteiger partial charge on any atom is 0.262 e. The van der Waals surface area contributed by atoms with Gasteiger partial charge in [-0.15, -0.1) is 0 Å². The highest BCUT2D eigenvalue weighted by molar-refractivity contribution is 7.92. The van der Waals surface area contributed by atoms with Crippen molar-refractivity contribution in [2.75, 3.05) is 4.72 Å². The molecule has 0 amide bonds. The van der Waals surface area contributed by atoms with E-state index >= 15 is 0 Å². The molecule has 2 aromatic carbocycles. The van der Waals surface area contributed by atoms with E-state index in [0.29, 0.717) is 11.6 Å². The van der Waals surface area contributed by atoms with Crippen LogP contribution in [0, 0.1) is 18.6 Å². The molecule has 7 heteroatoms. The highest BCUT2D eigenvalue weighted by atomic mass is 32.2. The molecule has 4 nitrogen and oxygen atoms in total. The molecule has 0 radical (unpaired) electrons. The standard InChI is InChI=1S/C13H11F2NO3S/c1-8-12(3-2-4-13(8)17)16-20(18,19)9-5-6-10(14)11(15)7-9/h2-7,16-17H,1H3. The summed E-state index contributed by atoms with van der Waals surface area (Å²) in [5.41, 5.74) is 0.494. The van der Waals surface area contributed by atoms with Crippen LogP contribution in [-0.4, -0.2) is 13.5 Å². The zero-order valence-corrected chi connectivity index (χ0v) is 11.2. The number of halogens is 2. The van der Waals surface area contributed by atoms with E-state index in [2.05, 4.69) is 4.72 Å². The van der Waals surface area contributed by atoms with Crippen molar-refractivity contribution in [1.29, 1.82) is 0 Å². The van der Waals surface area contributed by atoms with E-state index in [4.69, 9.17) is 0 Å². The molecule has 0 saturated heterocycles. The van der Waals surface area contributed by atoms with Crippen LogP contribution < -0.4 is 4.72 Å². The van der Waals surface area contributed by atoms with E-state index in [1.54, 1.807) is 0 Å². The Balaban J connectivity index is 2.41. The third kappa shape index (κ3) is 2.72. The van der Waals surface area contributed by atoms with Gasteiger partial charge in [-0.05, 0) is 37.3 Å². The molecule has 0 saturated carbocycles. The van der Waals surface area contributed by atoms with E-state index in [1.807, 2.05) is 0 Å². The molecule has 0 aliphatic heterocycles. The number of hydrogen-bond acceptors (Lipinski definition) is 3. The topological polar surface area (TPSA) is 66.4 Å². The van der Waals surface area contributed by atoms with Crippen LogP contribution in [0.3, 0.4) is 0 Å². The number of benzene rings is 2. The van der Waals surface area contributed by atoms with Crippen molar-refractivity contribution in [3.63, 3.8) is 0 Å². The number of anilines is 1. The van der Waals surface area contributed by atoms with Crippen LogP contribution >= 0.6 is 0 Å². The Morgan fingerprint density at radius 3 is 2.45 bits per heavy atom. The first kappa shape index (κ1) is 14.3. The lowest BCUT2D eigenvalue weighted by Crippen LogP contribution is -2.14. The average molecular weight is 299 g/mol. The lowest BCUT2D eigenvalue weighted by molar-refractivity contribution is 0.471. The van der Waals surface area contributed by atoms with Crippen LogP contribution in [0.5, 0.6) is 5.75 Å². The molecule has 0 unspecified atom stereocenters. The molecule has 20 heavy (non-hydrogen) atoms. The van der Waals surface area contributed by atoms with Gasteiger partial charge in [0.15, 0.2) is 11.6 Å². The molecule has 106 valence electrons. The minimum absolute atomic E-state index is 0.0736. The third-order valence-corrected chi connectivity index (χ3v) is 4.11. The van der Waals surface area contributed by atoms with Crippen LogP contribution in [-0.2, 0) is 10.0 Å². The van der Waals surface area contributed by atoms with Gasteiger partial charge in [0.2, 0.25) is 0 Å². The molecule has 0 heterocycles. The van der Waals surface area contributed by atoms with E-state index in [-0.39, 0.29) is 11.4 Å². The second kappa shape index (κ2) is 5.09. The van der Waals surface area contributed by atoms with Crippen LogP contribution in [0.2, 0.25) is 0 Å². The molecule has 0 atom stereocenters. The molecular formula is C13H11F2NO3S. The number of phenols is 1. The van der Waals surface area contributed by atoms with Crippen LogP contribution in [0.25, 0.3) is 0 Å². The molecule has 0 bridgehead atoms. The zero-order valence-electron chi connectivity index (χ0n) is 10.4. The molecule has 2 rings (SSSR count). The summed E-state index contributed by atoms with van der Waals surface area (Å²) in [6.45, 7) is 1.53. The number of aromatic hydroxyl groups is 1. The Morgan fingerprint density at radius 1 is 1.10 bits per heavy atom. The van der Waals surface area contributed by atoms with Gasteiger partial charge in [0.05, 0.1) is 10.6 Å². The normalized spacial score (nSPS) is 11.3. The highest BCUT2D eigenvalue weighted by Crippen LogP contribution is 2.26. The van der Waals surface area contributed by atoms with Gasteiger partial charge in [-0.2, -0.15) is 0 Å². The summed E-state index contributed by atoms with van der Waals surface area (Å²) in [5.74, 6) is -2.45. The van der Waals surface area contributed by atoms with Gasteiger partial charge in [0.25, 0.3) is 10.0 Å². The fourth-order valence-electron chi connectivity index (χ4n) is 1.58. The van der Waals surface area contributed by atoms with E-state index in [1.165, 1.54) is 25.1 Å². The second-order valence-electron chi connectivity index (χ2n) is 4.13. The van der Waals surface area contributed by atoms with Crippen molar-refractivity contribution in [1.82, 2.24) is 0 Å². The first-order chi connectivity index (χ1) is 9.31. The Kier molecular flexibility index (Phi) is 3.63. The van der Waals surface area contributed by atoms with E-state index in [9.17, 15) is 22.3 Å². The molecule has 0 aromatic heterocycles. The predicted molar refractivity (Wildman–Crippen MR) is 70.0 cm³/mol. The summed E-state index contributed by atoms with van der Waals surface area (Å²) in [7, 11) is -4.06. The fraction of sp³-hybridized carbons (Fsp3) is 0.0769. The van der Waals surface area contributed by atoms with Gasteiger partial charge in [0, 0.05) is 5.56 Å². The summed E-state index contributed by atoms with van der Waals surface area (Å²) in [6.07, 6.45) is 0. The molecule has 0 aliphatic rings. The second-order valence-corrected chi connectivity index (χ2v) is 5.81. The van der Waals surface area contributed by atoms with Gasteiger partial charge in [0.1, 0.15) is 5.75 Å². The van der Waals surface area contributed by atoms with Crippen LogP contribution in [0.15, 0.2) is 41.3 Å². The van der Waals surface area contributed by atoms with Crippen molar-refractivity contribution in [3.05, 3.63) is 53.6 Å². The molecule has 2 N–H and O–H groups in total. The Hall–Kier alpha value is -2.15. The van der Waals surface area contributed by atoms with E-state index in [0.717, 1.165) is 12.1 Å². The average Bonchev–Trinajstić information content (AvgIpc) is 2.38. The summed E-state index contributed by atoms with van der Waals surface area (Å²) < 4.78 is 52.2. The number of phenolic OH excluding ortho intramolecular Hbond substituents is 1. The lowest BCUT2D eigenvalue weighted by Gasteiger charge is -2.11. The number of hydrogen-bond donors (Lipinski definition) is 2. The molecule has 2 aromatic rings. The monoisotopic (exact) mass is 299 g/mol. The quantitative estimate of drug-likeness (QED) is 0.916. The van der Waals surface area contributed by atoms with Crippen LogP contribution in [0.1, 0.15) is 5.56 Å². The van der Waals surface area contributed by atoms with Crippen LogP contribution in [0.4, 0.5) is 14.5 Å². The minimum atomic E-state index is -4.06. The Bertz CT molecular complexity index is 760. The van der Waals surface area contributed by atoms with Gasteiger partial charge in [-0.25, -0.2) is 17.2 Å². The number of sulfonamides is 1. The Labute approximate surface area is 114 Å². The van der Waals surface area contributed by atoms with E-state index < -0.39 is 26.6 Å². The van der Waals surface area contributed by atoms with Crippen molar-refractivity contribution in [2.45, 2.75) is 11.8 Å². The lowest BCUT2D eigenvalue weighted by atomic mass is 10.2. The summed E-state index contributed by atoms with van der Waals surface area (Å²) >= 11 is 0. The first-order valence-electron chi connectivity index (χ1n) is 5.58. The molecular weight excluding hydrogens is 288 g/mol. The summed E-state index contributed by atoms with van der Waals surface area (Å²) in [5, 5.41) is 9.50. The Morgan fingerprint density at radius 2 is 1.80 bits per heavy atom. The summed E-state index contributed by atoms with van der Waals surface area (Å²) in [4.78, 5) is -0.404. The third-order valence-electron chi connectivity index (χ3n) is 2.75. The van der Waals surface area contributed by atoms with Crippen molar-refractivity contribution < 1.29 is 22.3 Å². The smallest absolute Gasteiger partial charge is 0.262 e. The maximum absolute atomic E-state index is 13.1. The number of rotatable bonds is 3. The van der Waals surface area contributed by atoms with Crippen molar-refractivity contribution in [2.24, 2.45) is 0 Å². The SMILES string of the molecule is Cc1c(O)cccc1NS(=O)(=O)c1ccc(F)c(F)c1. The van der Waals surface area contributed by atoms with Crippen molar-refractivity contribution >= 4 is 15.7 Å². The number of nitrogens with one attached hydrogen (secondary N) is 1. The van der Waals surface area contributed by atoms with Crippen molar-refractivity contribution in [3.8, 4) is 5.75 Å². The van der Waals surface area contributed by atoms with Gasteiger partial charge < -0.3 is 5.11 Å². The maximum atomic E-state index is 13.1. The molecule has 0 fully saturated rings. The van der Waals surface area contributed by atoms with Gasteiger partial charge >= 0.3 is 0 Å². The molecule has 0 spiro atoms. The fourth-order valence-corrected chi connectivity index (χ4v) is 2.72. The minimum Gasteiger partial charge on any atom is -0.508 e. The predicted octanol–water partition coefficient (Wildman–Crippen LogP) is 2.78. The zero-order chi connectivity index (χ0) is 14.9. The van der Waals surface area contributed by atoms with Gasteiger partial charge in [-0.1, -0.05) is 6.07 Å². The first-order valence-corrected chi connectivity index (χ1v) is 7.06.